The summed E-state index contributed by atoms with van der Waals surface area (Å²) in [6.45, 7) is 1.03. The summed E-state index contributed by atoms with van der Waals surface area (Å²) in [5.41, 5.74) is 6.58. The van der Waals surface area contributed by atoms with Crippen molar-refractivity contribution in [2.45, 2.75) is 19.0 Å². The molecule has 1 aliphatic heterocycles. The van der Waals surface area contributed by atoms with Crippen LogP contribution in [-0.4, -0.2) is 30.5 Å². The number of hydrogen-bond acceptors (Lipinski definition) is 3. The number of carbonyl (C=O) groups is 1. The first-order chi connectivity index (χ1) is 8.11. The van der Waals surface area contributed by atoms with Crippen molar-refractivity contribution in [3.05, 3.63) is 28.8 Å². The fraction of sp³-hybridized carbons (Fsp3) is 0.417. The van der Waals surface area contributed by atoms with Crippen LogP contribution in [0.3, 0.4) is 0 Å². The first-order valence-corrected chi connectivity index (χ1v) is 5.84. The normalized spacial score (nSPS) is 19.8. The lowest BCUT2D eigenvalue weighted by atomic mass is 10.2. The molecule has 1 unspecified atom stereocenters. The van der Waals surface area contributed by atoms with Gasteiger partial charge in [-0.05, 0) is 12.1 Å². The number of nitrogens with zero attached hydrogens (tertiary/aromatic N) is 1. The third-order valence-corrected chi connectivity index (χ3v) is 3.24. The van der Waals surface area contributed by atoms with Crippen molar-refractivity contribution in [3.63, 3.8) is 0 Å². The average Bonchev–Trinajstić information content (AvgIpc) is 2.60. The number of carbonyl (C=O) groups excluding carboxylic acids is 1. The van der Waals surface area contributed by atoms with E-state index in [0.717, 1.165) is 5.56 Å². The maximum absolute atomic E-state index is 11.7. The molecule has 1 saturated heterocycles. The maximum Gasteiger partial charge on any atom is 0.224 e. The molecular formula is C12H15ClN2O2. The van der Waals surface area contributed by atoms with Crippen molar-refractivity contribution < 1.29 is 9.53 Å². The molecule has 1 atom stereocenters. The van der Waals surface area contributed by atoms with E-state index in [0.29, 0.717) is 30.3 Å². The predicted octanol–water partition coefficient (Wildman–Crippen LogP) is 1.41. The molecule has 1 fully saturated rings. The lowest BCUT2D eigenvalue weighted by molar-refractivity contribution is -0.128. The summed E-state index contributed by atoms with van der Waals surface area (Å²) in [4.78, 5) is 13.4. The molecule has 1 aliphatic rings. The van der Waals surface area contributed by atoms with Crippen LogP contribution < -0.4 is 10.5 Å². The van der Waals surface area contributed by atoms with Gasteiger partial charge in [-0.2, -0.15) is 0 Å². The second-order valence-electron chi connectivity index (χ2n) is 4.16. The van der Waals surface area contributed by atoms with Crippen LogP contribution in [0.5, 0.6) is 5.75 Å². The van der Waals surface area contributed by atoms with Gasteiger partial charge in [-0.25, -0.2) is 0 Å². The number of likely N-dealkylation sites (tertiary alicyclic amines) is 1. The Morgan fingerprint density at radius 1 is 1.59 bits per heavy atom. The molecule has 1 aromatic carbocycles. The fourth-order valence-electron chi connectivity index (χ4n) is 2.03. The maximum atomic E-state index is 11.7. The van der Waals surface area contributed by atoms with Gasteiger partial charge in [-0.1, -0.05) is 17.7 Å². The second kappa shape index (κ2) is 4.94. The number of nitrogens with two attached hydrogens (primary N) is 1. The molecule has 1 heterocycles. The van der Waals surface area contributed by atoms with Gasteiger partial charge >= 0.3 is 0 Å². The van der Waals surface area contributed by atoms with Gasteiger partial charge in [-0.3, -0.25) is 4.79 Å². The molecule has 1 amide bonds. The third kappa shape index (κ3) is 2.53. The number of rotatable bonds is 3. The van der Waals surface area contributed by atoms with Crippen molar-refractivity contribution in [2.75, 3.05) is 13.7 Å². The molecule has 0 aliphatic carbocycles. The summed E-state index contributed by atoms with van der Waals surface area (Å²) in [6.07, 6.45) is 0.409. The molecular weight excluding hydrogens is 240 g/mol. The van der Waals surface area contributed by atoms with Crippen LogP contribution in [0.15, 0.2) is 18.2 Å². The molecule has 2 N–H and O–H groups in total. The van der Waals surface area contributed by atoms with E-state index in [1.165, 1.54) is 0 Å². The summed E-state index contributed by atoms with van der Waals surface area (Å²) < 4.78 is 5.24. The zero-order chi connectivity index (χ0) is 12.4. The zero-order valence-corrected chi connectivity index (χ0v) is 10.4. The topological polar surface area (TPSA) is 55.6 Å². The van der Waals surface area contributed by atoms with E-state index in [1.54, 1.807) is 18.1 Å². The van der Waals surface area contributed by atoms with E-state index < -0.39 is 0 Å². The van der Waals surface area contributed by atoms with Crippen molar-refractivity contribution >= 4 is 17.5 Å². The molecule has 1 aromatic rings. The average molecular weight is 255 g/mol. The van der Waals surface area contributed by atoms with E-state index in [2.05, 4.69) is 0 Å². The van der Waals surface area contributed by atoms with Gasteiger partial charge in [0.15, 0.2) is 0 Å². The van der Waals surface area contributed by atoms with Gasteiger partial charge in [0.05, 0.1) is 13.7 Å². The largest absolute Gasteiger partial charge is 0.496 e. The molecule has 4 nitrogen and oxygen atoms in total. The smallest absolute Gasteiger partial charge is 0.224 e. The molecule has 0 aromatic heterocycles. The second-order valence-corrected chi connectivity index (χ2v) is 4.57. The van der Waals surface area contributed by atoms with Crippen molar-refractivity contribution in [3.8, 4) is 5.75 Å². The van der Waals surface area contributed by atoms with Gasteiger partial charge in [0, 0.05) is 29.6 Å². The van der Waals surface area contributed by atoms with Gasteiger partial charge in [0.2, 0.25) is 5.91 Å². The summed E-state index contributed by atoms with van der Waals surface area (Å²) in [6, 6.07) is 5.38. The van der Waals surface area contributed by atoms with Gasteiger partial charge in [0.25, 0.3) is 0 Å². The molecule has 0 bridgehead atoms. The third-order valence-electron chi connectivity index (χ3n) is 2.89. The highest BCUT2D eigenvalue weighted by atomic mass is 35.5. The predicted molar refractivity (Wildman–Crippen MR) is 66.0 cm³/mol. The summed E-state index contributed by atoms with van der Waals surface area (Å²) >= 11 is 6.12. The Kier molecular flexibility index (Phi) is 3.54. The number of halogens is 1. The van der Waals surface area contributed by atoms with E-state index in [-0.39, 0.29) is 11.9 Å². The van der Waals surface area contributed by atoms with E-state index in [4.69, 9.17) is 22.1 Å². The first-order valence-electron chi connectivity index (χ1n) is 5.46. The van der Waals surface area contributed by atoms with Gasteiger partial charge < -0.3 is 15.4 Å². The Morgan fingerprint density at radius 3 is 2.94 bits per heavy atom. The molecule has 17 heavy (non-hydrogen) atoms. The lowest BCUT2D eigenvalue weighted by Crippen LogP contribution is -2.28. The number of methoxy groups -OCH3 is 1. The minimum absolute atomic E-state index is 0.0690. The highest BCUT2D eigenvalue weighted by Crippen LogP contribution is 2.28. The number of hydrogen-bond donors (Lipinski definition) is 1. The SMILES string of the molecule is COc1cccc(Cl)c1CN1CC(N)CC1=O. The summed E-state index contributed by atoms with van der Waals surface area (Å²) in [5, 5.41) is 0.609. The molecule has 0 radical (unpaired) electrons. The highest BCUT2D eigenvalue weighted by Gasteiger charge is 2.27. The van der Waals surface area contributed by atoms with E-state index in [1.807, 2.05) is 12.1 Å². The quantitative estimate of drug-likeness (QED) is 0.887. The Morgan fingerprint density at radius 2 is 2.35 bits per heavy atom. The highest BCUT2D eigenvalue weighted by molar-refractivity contribution is 6.31. The van der Waals surface area contributed by atoms with Crippen LogP contribution in [0.2, 0.25) is 5.02 Å². The van der Waals surface area contributed by atoms with Crippen LogP contribution in [-0.2, 0) is 11.3 Å². The van der Waals surface area contributed by atoms with Gasteiger partial charge in [0.1, 0.15) is 5.75 Å². The van der Waals surface area contributed by atoms with Gasteiger partial charge in [-0.15, -0.1) is 0 Å². The van der Waals surface area contributed by atoms with Crippen LogP contribution in [0.1, 0.15) is 12.0 Å². The standard InChI is InChI=1S/C12H15ClN2O2/c1-17-11-4-2-3-10(13)9(11)7-15-6-8(14)5-12(15)16/h2-4,8H,5-7,14H2,1H3. The lowest BCUT2D eigenvalue weighted by Gasteiger charge is -2.18. The van der Waals surface area contributed by atoms with Crippen molar-refractivity contribution in [2.24, 2.45) is 5.73 Å². The minimum atomic E-state index is -0.0732. The Bertz CT molecular complexity index is 437. The first kappa shape index (κ1) is 12.2. The molecule has 2 rings (SSSR count). The Labute approximate surface area is 105 Å². The Balaban J connectivity index is 2.21. The summed E-state index contributed by atoms with van der Waals surface area (Å²) in [5.74, 6) is 0.769. The van der Waals surface area contributed by atoms with Crippen LogP contribution in [0, 0.1) is 0 Å². The molecule has 0 saturated carbocycles. The number of benzene rings is 1. The fourth-order valence-corrected chi connectivity index (χ4v) is 2.26. The van der Waals surface area contributed by atoms with Crippen LogP contribution >= 0.6 is 11.6 Å². The van der Waals surface area contributed by atoms with Crippen molar-refractivity contribution in [1.82, 2.24) is 4.90 Å². The number of ether oxygens (including phenoxy) is 1. The monoisotopic (exact) mass is 254 g/mol. The molecule has 92 valence electrons. The zero-order valence-electron chi connectivity index (χ0n) is 9.65. The van der Waals surface area contributed by atoms with Crippen molar-refractivity contribution in [1.29, 1.82) is 0 Å². The summed E-state index contributed by atoms with van der Waals surface area (Å²) in [7, 11) is 1.59. The van der Waals surface area contributed by atoms with Crippen LogP contribution in [0.25, 0.3) is 0 Å². The Hall–Kier alpha value is -1.26. The molecule has 5 heteroatoms. The van der Waals surface area contributed by atoms with E-state index in [9.17, 15) is 4.79 Å². The molecule has 0 spiro atoms. The van der Waals surface area contributed by atoms with E-state index >= 15 is 0 Å². The minimum Gasteiger partial charge on any atom is -0.496 e. The number of amides is 1. The van der Waals surface area contributed by atoms with Crippen LogP contribution in [0.4, 0.5) is 0 Å².